The highest BCUT2D eigenvalue weighted by atomic mass is 32.2. The van der Waals surface area contributed by atoms with E-state index in [1.54, 1.807) is 11.8 Å². The molecule has 1 N–H and O–H groups in total. The summed E-state index contributed by atoms with van der Waals surface area (Å²) in [6.45, 7) is 1.72. The van der Waals surface area contributed by atoms with Gasteiger partial charge in [0.2, 0.25) is 5.91 Å². The van der Waals surface area contributed by atoms with E-state index >= 15 is 0 Å². The SMILES string of the molecule is C#CCSCCN1CCCC(NC)C1=O. The van der Waals surface area contributed by atoms with Gasteiger partial charge in [0.1, 0.15) is 0 Å². The van der Waals surface area contributed by atoms with Gasteiger partial charge >= 0.3 is 0 Å². The molecule has 3 nitrogen and oxygen atoms in total. The van der Waals surface area contributed by atoms with Gasteiger partial charge in [-0.05, 0) is 19.9 Å². The van der Waals surface area contributed by atoms with Crippen LogP contribution in [0.3, 0.4) is 0 Å². The van der Waals surface area contributed by atoms with Crippen LogP contribution in [0.4, 0.5) is 0 Å². The molecular formula is C11H18N2OS. The number of terminal acetylenes is 1. The second kappa shape index (κ2) is 6.76. The van der Waals surface area contributed by atoms with Gasteiger partial charge in [0.05, 0.1) is 11.8 Å². The number of nitrogens with one attached hydrogen (secondary N) is 1. The van der Waals surface area contributed by atoms with Crippen LogP contribution in [0.1, 0.15) is 12.8 Å². The van der Waals surface area contributed by atoms with Crippen LogP contribution < -0.4 is 5.32 Å². The number of hydrogen-bond acceptors (Lipinski definition) is 3. The van der Waals surface area contributed by atoms with E-state index in [0.29, 0.717) is 0 Å². The highest BCUT2D eigenvalue weighted by Crippen LogP contribution is 2.12. The first-order valence-electron chi connectivity index (χ1n) is 5.27. The van der Waals surface area contributed by atoms with E-state index in [-0.39, 0.29) is 11.9 Å². The predicted octanol–water partition coefficient (Wildman–Crippen LogP) is 0.563. The minimum atomic E-state index is 0.0244. The molecule has 1 aliphatic rings. The first-order valence-corrected chi connectivity index (χ1v) is 6.42. The summed E-state index contributed by atoms with van der Waals surface area (Å²) in [5.74, 6) is 4.50. The number of likely N-dealkylation sites (N-methyl/N-ethyl adjacent to an activating group) is 1. The van der Waals surface area contributed by atoms with Crippen molar-refractivity contribution in [1.29, 1.82) is 0 Å². The number of hydrogen-bond donors (Lipinski definition) is 1. The summed E-state index contributed by atoms with van der Waals surface area (Å²) in [6.07, 6.45) is 7.21. The van der Waals surface area contributed by atoms with Crippen molar-refractivity contribution in [3.8, 4) is 12.3 Å². The zero-order chi connectivity index (χ0) is 11.1. The zero-order valence-corrected chi connectivity index (χ0v) is 9.98. The van der Waals surface area contributed by atoms with Crippen LogP contribution in [-0.2, 0) is 4.79 Å². The summed E-state index contributed by atoms with van der Waals surface area (Å²) < 4.78 is 0. The Morgan fingerprint density at radius 3 is 3.20 bits per heavy atom. The van der Waals surface area contributed by atoms with Crippen molar-refractivity contribution in [2.24, 2.45) is 0 Å². The Labute approximate surface area is 96.0 Å². The lowest BCUT2D eigenvalue weighted by atomic mass is 10.1. The zero-order valence-electron chi connectivity index (χ0n) is 9.16. The fourth-order valence-corrected chi connectivity index (χ4v) is 2.35. The summed E-state index contributed by atoms with van der Waals surface area (Å²) in [5.41, 5.74) is 0. The molecule has 1 atom stereocenters. The average molecular weight is 226 g/mol. The average Bonchev–Trinajstić information content (AvgIpc) is 2.26. The maximum absolute atomic E-state index is 11.8. The number of carbonyl (C=O) groups is 1. The summed E-state index contributed by atoms with van der Waals surface area (Å²) in [6, 6.07) is 0.0244. The lowest BCUT2D eigenvalue weighted by molar-refractivity contribution is -0.135. The highest BCUT2D eigenvalue weighted by molar-refractivity contribution is 7.99. The number of piperidine rings is 1. The van der Waals surface area contributed by atoms with E-state index in [9.17, 15) is 4.79 Å². The number of nitrogens with zero attached hydrogens (tertiary/aromatic N) is 1. The standard InChI is InChI=1S/C11H18N2OS/c1-3-8-15-9-7-13-6-4-5-10(12-2)11(13)14/h1,10,12H,4-9H2,2H3. The van der Waals surface area contributed by atoms with Crippen LogP contribution in [0.2, 0.25) is 0 Å². The number of amides is 1. The van der Waals surface area contributed by atoms with Crippen LogP contribution in [-0.4, -0.2) is 48.5 Å². The van der Waals surface area contributed by atoms with E-state index in [2.05, 4.69) is 11.2 Å². The number of rotatable bonds is 5. The molecule has 1 saturated heterocycles. The molecular weight excluding hydrogens is 208 g/mol. The summed E-state index contributed by atoms with van der Waals surface area (Å²) in [4.78, 5) is 13.8. The van der Waals surface area contributed by atoms with Crippen molar-refractivity contribution in [3.05, 3.63) is 0 Å². The molecule has 1 heterocycles. The largest absolute Gasteiger partial charge is 0.341 e. The summed E-state index contributed by atoms with van der Waals surface area (Å²) in [7, 11) is 1.85. The van der Waals surface area contributed by atoms with Gasteiger partial charge in [0.25, 0.3) is 0 Å². The topological polar surface area (TPSA) is 32.3 Å². The van der Waals surface area contributed by atoms with Gasteiger partial charge in [-0.2, -0.15) is 0 Å². The molecule has 0 aliphatic carbocycles. The molecule has 1 aliphatic heterocycles. The Morgan fingerprint density at radius 1 is 1.73 bits per heavy atom. The van der Waals surface area contributed by atoms with Crippen molar-refractivity contribution >= 4 is 17.7 Å². The molecule has 0 saturated carbocycles. The normalized spacial score (nSPS) is 21.5. The Kier molecular flexibility index (Phi) is 5.59. The Morgan fingerprint density at radius 2 is 2.53 bits per heavy atom. The van der Waals surface area contributed by atoms with Crippen LogP contribution in [0.5, 0.6) is 0 Å². The first kappa shape index (κ1) is 12.4. The molecule has 4 heteroatoms. The Balaban J connectivity index is 2.28. The van der Waals surface area contributed by atoms with E-state index in [1.165, 1.54) is 0 Å². The minimum absolute atomic E-state index is 0.0244. The Hall–Kier alpha value is -0.660. The van der Waals surface area contributed by atoms with Crippen molar-refractivity contribution in [2.75, 3.05) is 31.6 Å². The quantitative estimate of drug-likeness (QED) is 0.549. The van der Waals surface area contributed by atoms with Crippen LogP contribution in [0.15, 0.2) is 0 Å². The van der Waals surface area contributed by atoms with E-state index in [1.807, 2.05) is 11.9 Å². The van der Waals surface area contributed by atoms with Gasteiger partial charge in [-0.1, -0.05) is 5.92 Å². The number of thioether (sulfide) groups is 1. The minimum Gasteiger partial charge on any atom is -0.341 e. The fourth-order valence-electron chi connectivity index (χ4n) is 1.74. The van der Waals surface area contributed by atoms with Crippen molar-refractivity contribution in [2.45, 2.75) is 18.9 Å². The lowest BCUT2D eigenvalue weighted by Crippen LogP contribution is -2.50. The van der Waals surface area contributed by atoms with E-state index in [0.717, 1.165) is 37.4 Å². The van der Waals surface area contributed by atoms with Gasteiger partial charge in [-0.15, -0.1) is 18.2 Å². The molecule has 0 aromatic carbocycles. The molecule has 0 aromatic rings. The summed E-state index contributed by atoms with van der Waals surface area (Å²) in [5, 5.41) is 3.05. The second-order valence-electron chi connectivity index (χ2n) is 3.57. The highest BCUT2D eigenvalue weighted by Gasteiger charge is 2.26. The van der Waals surface area contributed by atoms with Crippen molar-refractivity contribution < 1.29 is 4.79 Å². The van der Waals surface area contributed by atoms with Crippen molar-refractivity contribution in [3.63, 3.8) is 0 Å². The first-order chi connectivity index (χ1) is 7.29. The molecule has 15 heavy (non-hydrogen) atoms. The molecule has 1 amide bonds. The third kappa shape index (κ3) is 3.77. The number of carbonyl (C=O) groups excluding carboxylic acids is 1. The predicted molar refractivity (Wildman–Crippen MR) is 64.8 cm³/mol. The summed E-state index contributed by atoms with van der Waals surface area (Å²) >= 11 is 1.71. The maximum Gasteiger partial charge on any atom is 0.239 e. The monoisotopic (exact) mass is 226 g/mol. The molecule has 1 unspecified atom stereocenters. The van der Waals surface area contributed by atoms with Crippen LogP contribution >= 0.6 is 11.8 Å². The van der Waals surface area contributed by atoms with E-state index < -0.39 is 0 Å². The smallest absolute Gasteiger partial charge is 0.239 e. The third-order valence-electron chi connectivity index (χ3n) is 2.57. The van der Waals surface area contributed by atoms with Gasteiger partial charge in [-0.25, -0.2) is 0 Å². The molecule has 0 spiro atoms. The van der Waals surface area contributed by atoms with Gasteiger partial charge in [0, 0.05) is 18.8 Å². The van der Waals surface area contributed by atoms with Crippen LogP contribution in [0, 0.1) is 12.3 Å². The Bertz CT molecular complexity index is 249. The van der Waals surface area contributed by atoms with Crippen molar-refractivity contribution in [1.82, 2.24) is 10.2 Å². The van der Waals surface area contributed by atoms with Gasteiger partial charge in [-0.3, -0.25) is 4.79 Å². The lowest BCUT2D eigenvalue weighted by Gasteiger charge is -2.31. The molecule has 1 fully saturated rings. The number of likely N-dealkylation sites (tertiary alicyclic amines) is 1. The molecule has 0 aromatic heterocycles. The molecule has 0 bridgehead atoms. The second-order valence-corrected chi connectivity index (χ2v) is 4.67. The molecule has 1 rings (SSSR count). The molecule has 0 radical (unpaired) electrons. The maximum atomic E-state index is 11.8. The fraction of sp³-hybridized carbons (Fsp3) is 0.727. The van der Waals surface area contributed by atoms with E-state index in [4.69, 9.17) is 6.42 Å². The molecule has 84 valence electrons. The van der Waals surface area contributed by atoms with Crippen LogP contribution in [0.25, 0.3) is 0 Å². The van der Waals surface area contributed by atoms with Gasteiger partial charge in [0.15, 0.2) is 0 Å². The third-order valence-corrected chi connectivity index (χ3v) is 3.41. The van der Waals surface area contributed by atoms with Gasteiger partial charge < -0.3 is 10.2 Å².